The number of aromatic amines is 1. The van der Waals surface area contributed by atoms with Crippen molar-refractivity contribution in [2.24, 2.45) is 0 Å². The summed E-state index contributed by atoms with van der Waals surface area (Å²) < 4.78 is 31.1. The van der Waals surface area contributed by atoms with Crippen LogP contribution in [-0.2, 0) is 0 Å². The van der Waals surface area contributed by atoms with Gasteiger partial charge in [0.05, 0.1) is 5.52 Å². The number of aromatic nitrogens is 1. The van der Waals surface area contributed by atoms with E-state index in [9.17, 15) is 13.6 Å². The monoisotopic (exact) mass is 247 g/mol. The summed E-state index contributed by atoms with van der Waals surface area (Å²) in [6, 6.07) is 8.07. The number of oxazole rings is 1. The number of H-pyrrole nitrogens is 1. The molecule has 1 N–H and O–H groups in total. The van der Waals surface area contributed by atoms with Crippen LogP contribution in [0.4, 0.5) is 8.78 Å². The lowest BCUT2D eigenvalue weighted by atomic mass is 10.1. The summed E-state index contributed by atoms with van der Waals surface area (Å²) in [5.41, 5.74) is 1.89. The van der Waals surface area contributed by atoms with Crippen molar-refractivity contribution in [1.82, 2.24) is 4.98 Å². The van der Waals surface area contributed by atoms with E-state index in [1.165, 1.54) is 12.1 Å². The Hall–Kier alpha value is -2.43. The molecular formula is C13H7F2NO2. The van der Waals surface area contributed by atoms with E-state index in [-0.39, 0.29) is 0 Å². The van der Waals surface area contributed by atoms with Gasteiger partial charge in [-0.15, -0.1) is 0 Å². The zero-order valence-electron chi connectivity index (χ0n) is 9.04. The predicted octanol–water partition coefficient (Wildman–Crippen LogP) is 3.07. The molecule has 0 bridgehead atoms. The lowest BCUT2D eigenvalue weighted by Gasteiger charge is -2.02. The Kier molecular flexibility index (Phi) is 2.26. The van der Waals surface area contributed by atoms with Crippen molar-refractivity contribution in [3.8, 4) is 11.1 Å². The Morgan fingerprint density at radius 2 is 1.67 bits per heavy atom. The second-order valence-corrected chi connectivity index (χ2v) is 3.88. The highest BCUT2D eigenvalue weighted by Gasteiger charge is 2.06. The second-order valence-electron chi connectivity index (χ2n) is 3.88. The summed E-state index contributed by atoms with van der Waals surface area (Å²) in [5.74, 6) is -1.86. The third-order valence-electron chi connectivity index (χ3n) is 2.61. The molecule has 3 nitrogen and oxygen atoms in total. The first-order valence-corrected chi connectivity index (χ1v) is 5.21. The second kappa shape index (κ2) is 3.80. The van der Waals surface area contributed by atoms with E-state index in [1.54, 1.807) is 18.2 Å². The Bertz CT molecular complexity index is 769. The summed E-state index contributed by atoms with van der Waals surface area (Å²) in [6.45, 7) is 0. The fourth-order valence-corrected chi connectivity index (χ4v) is 1.85. The molecular weight excluding hydrogens is 240 g/mol. The smallest absolute Gasteiger partial charge is 0.408 e. The van der Waals surface area contributed by atoms with Crippen LogP contribution in [0.3, 0.4) is 0 Å². The van der Waals surface area contributed by atoms with Crippen LogP contribution >= 0.6 is 0 Å². The summed E-state index contributed by atoms with van der Waals surface area (Å²) in [4.78, 5) is 13.5. The number of nitrogens with one attached hydrogen (secondary N) is 1. The van der Waals surface area contributed by atoms with Gasteiger partial charge in [0, 0.05) is 6.07 Å². The molecule has 0 unspecified atom stereocenters. The molecule has 0 amide bonds. The number of hydrogen-bond donors (Lipinski definition) is 1. The highest BCUT2D eigenvalue weighted by atomic mass is 19.1. The van der Waals surface area contributed by atoms with E-state index in [0.29, 0.717) is 22.2 Å². The van der Waals surface area contributed by atoms with Crippen molar-refractivity contribution in [3.63, 3.8) is 0 Å². The molecule has 0 fully saturated rings. The third kappa shape index (κ3) is 1.79. The van der Waals surface area contributed by atoms with Gasteiger partial charge in [0.25, 0.3) is 0 Å². The number of rotatable bonds is 1. The van der Waals surface area contributed by atoms with Gasteiger partial charge >= 0.3 is 5.76 Å². The van der Waals surface area contributed by atoms with Crippen molar-refractivity contribution in [3.05, 3.63) is 58.6 Å². The summed E-state index contributed by atoms with van der Waals surface area (Å²) in [5, 5.41) is 0. The maximum atomic E-state index is 13.1. The van der Waals surface area contributed by atoms with Gasteiger partial charge in [-0.25, -0.2) is 13.6 Å². The Morgan fingerprint density at radius 3 is 2.39 bits per heavy atom. The van der Waals surface area contributed by atoms with Crippen LogP contribution in [0.5, 0.6) is 0 Å². The fourth-order valence-electron chi connectivity index (χ4n) is 1.85. The maximum Gasteiger partial charge on any atom is 0.417 e. The van der Waals surface area contributed by atoms with E-state index in [1.807, 2.05) is 0 Å². The molecule has 0 radical (unpaired) electrons. The van der Waals surface area contributed by atoms with Crippen LogP contribution in [0.15, 0.2) is 45.6 Å². The predicted molar refractivity (Wildman–Crippen MR) is 62.2 cm³/mol. The first-order chi connectivity index (χ1) is 8.61. The first-order valence-electron chi connectivity index (χ1n) is 5.21. The third-order valence-corrected chi connectivity index (χ3v) is 2.61. The lowest BCUT2D eigenvalue weighted by Crippen LogP contribution is -1.92. The topological polar surface area (TPSA) is 46.0 Å². The van der Waals surface area contributed by atoms with Gasteiger partial charge in [0.15, 0.2) is 5.58 Å². The summed E-state index contributed by atoms with van der Waals surface area (Å²) in [7, 11) is 0. The van der Waals surface area contributed by atoms with Crippen LogP contribution in [0.1, 0.15) is 0 Å². The number of hydrogen-bond acceptors (Lipinski definition) is 2. The highest BCUT2D eigenvalue weighted by Crippen LogP contribution is 2.24. The van der Waals surface area contributed by atoms with Crippen LogP contribution in [0.25, 0.3) is 22.2 Å². The van der Waals surface area contributed by atoms with Crippen LogP contribution in [-0.4, -0.2) is 4.98 Å². The van der Waals surface area contributed by atoms with Crippen molar-refractivity contribution < 1.29 is 13.2 Å². The molecule has 0 saturated carbocycles. The number of benzene rings is 2. The summed E-state index contributed by atoms with van der Waals surface area (Å²) in [6.07, 6.45) is 0. The minimum atomic E-state index is -0.647. The number of fused-ring (bicyclic) bond motifs is 1. The largest absolute Gasteiger partial charge is 0.417 e. The molecule has 0 aliphatic rings. The molecule has 18 heavy (non-hydrogen) atoms. The van der Waals surface area contributed by atoms with Gasteiger partial charge < -0.3 is 4.42 Å². The van der Waals surface area contributed by atoms with Gasteiger partial charge in [-0.1, -0.05) is 6.07 Å². The van der Waals surface area contributed by atoms with E-state index in [2.05, 4.69) is 4.98 Å². The van der Waals surface area contributed by atoms with Crippen LogP contribution < -0.4 is 5.76 Å². The van der Waals surface area contributed by atoms with Gasteiger partial charge in [-0.05, 0) is 35.4 Å². The van der Waals surface area contributed by atoms with Crippen molar-refractivity contribution >= 4 is 11.1 Å². The quantitative estimate of drug-likeness (QED) is 0.718. The Morgan fingerprint density at radius 1 is 0.944 bits per heavy atom. The first kappa shape index (κ1) is 10.7. The highest BCUT2D eigenvalue weighted by molar-refractivity contribution is 5.80. The molecule has 0 spiro atoms. The molecule has 1 aromatic heterocycles. The molecule has 2 aromatic carbocycles. The van der Waals surface area contributed by atoms with Crippen LogP contribution in [0, 0.1) is 11.6 Å². The molecule has 5 heteroatoms. The zero-order valence-corrected chi connectivity index (χ0v) is 9.04. The minimum absolute atomic E-state index is 0.399. The Labute approximate surface area is 99.7 Å². The SMILES string of the molecule is O=c1[nH]c2cc(-c3cc(F)cc(F)c3)ccc2o1. The lowest BCUT2D eigenvalue weighted by molar-refractivity contribution is 0.555. The molecule has 0 aliphatic heterocycles. The van der Waals surface area contributed by atoms with Crippen molar-refractivity contribution in [2.45, 2.75) is 0 Å². The van der Waals surface area contributed by atoms with Crippen molar-refractivity contribution in [1.29, 1.82) is 0 Å². The molecule has 3 rings (SSSR count). The van der Waals surface area contributed by atoms with Crippen LogP contribution in [0.2, 0.25) is 0 Å². The molecule has 90 valence electrons. The fraction of sp³-hybridized carbons (Fsp3) is 0. The van der Waals surface area contributed by atoms with E-state index in [4.69, 9.17) is 4.42 Å². The van der Waals surface area contributed by atoms with Gasteiger partial charge in [0.2, 0.25) is 0 Å². The minimum Gasteiger partial charge on any atom is -0.408 e. The van der Waals surface area contributed by atoms with E-state index >= 15 is 0 Å². The zero-order chi connectivity index (χ0) is 12.7. The number of halogens is 2. The van der Waals surface area contributed by atoms with Gasteiger partial charge in [0.1, 0.15) is 11.6 Å². The normalized spacial score (nSPS) is 11.0. The molecule has 0 saturated heterocycles. The average molecular weight is 247 g/mol. The molecule has 0 atom stereocenters. The molecule has 0 aliphatic carbocycles. The van der Waals surface area contributed by atoms with Gasteiger partial charge in [-0.3, -0.25) is 4.98 Å². The molecule has 1 heterocycles. The maximum absolute atomic E-state index is 13.1. The van der Waals surface area contributed by atoms with E-state index < -0.39 is 17.4 Å². The summed E-state index contributed by atoms with van der Waals surface area (Å²) >= 11 is 0. The Balaban J connectivity index is 2.21. The van der Waals surface area contributed by atoms with Crippen molar-refractivity contribution in [2.75, 3.05) is 0 Å². The average Bonchev–Trinajstić information content (AvgIpc) is 2.66. The molecule has 3 aromatic rings. The van der Waals surface area contributed by atoms with E-state index in [0.717, 1.165) is 6.07 Å². The van der Waals surface area contributed by atoms with Gasteiger partial charge in [-0.2, -0.15) is 0 Å². The standard InChI is InChI=1S/C13H7F2NO2/c14-9-3-8(4-10(15)6-9)7-1-2-12-11(5-7)16-13(17)18-12/h1-6H,(H,16,17).